The molecule has 2 heteroatoms. The van der Waals surface area contributed by atoms with E-state index in [1.165, 1.54) is 0 Å². The lowest BCUT2D eigenvalue weighted by atomic mass is 9.90. The summed E-state index contributed by atoms with van der Waals surface area (Å²) in [6, 6.07) is 0. The molecule has 0 aliphatic rings. The van der Waals surface area contributed by atoms with Gasteiger partial charge in [0.1, 0.15) is 6.10 Å². The van der Waals surface area contributed by atoms with E-state index in [2.05, 4.69) is 11.8 Å². The summed E-state index contributed by atoms with van der Waals surface area (Å²) in [4.78, 5) is 0. The van der Waals surface area contributed by atoms with E-state index in [1.54, 1.807) is 6.92 Å². The van der Waals surface area contributed by atoms with Crippen LogP contribution in [0.2, 0.25) is 0 Å². The molecule has 0 radical (unpaired) electrons. The number of aliphatic hydroxyl groups is 2. The van der Waals surface area contributed by atoms with E-state index in [0.717, 1.165) is 12.8 Å². The third-order valence-electron chi connectivity index (χ3n) is 2.23. The molecule has 13 heavy (non-hydrogen) atoms. The van der Waals surface area contributed by atoms with Gasteiger partial charge in [-0.1, -0.05) is 26.2 Å². The molecule has 2 nitrogen and oxygen atoms in total. The summed E-state index contributed by atoms with van der Waals surface area (Å²) >= 11 is 0. The van der Waals surface area contributed by atoms with Crippen molar-refractivity contribution in [2.45, 2.75) is 52.2 Å². The van der Waals surface area contributed by atoms with E-state index < -0.39 is 12.2 Å². The number of aliphatic hydroxyl groups excluding tert-OH is 2. The first-order valence-electron chi connectivity index (χ1n) is 4.95. The molecule has 0 amide bonds. The molecular formula is C11H20O2. The van der Waals surface area contributed by atoms with Gasteiger partial charge in [0.2, 0.25) is 0 Å². The van der Waals surface area contributed by atoms with Crippen molar-refractivity contribution in [3.8, 4) is 11.8 Å². The molecule has 0 saturated heterocycles. The van der Waals surface area contributed by atoms with Crippen LogP contribution < -0.4 is 0 Å². The van der Waals surface area contributed by atoms with Gasteiger partial charge in [-0.15, -0.1) is 5.92 Å². The smallest absolute Gasteiger partial charge is 0.120 e. The van der Waals surface area contributed by atoms with E-state index in [0.29, 0.717) is 6.42 Å². The van der Waals surface area contributed by atoms with E-state index in [-0.39, 0.29) is 5.92 Å². The third-order valence-corrected chi connectivity index (χ3v) is 2.23. The van der Waals surface area contributed by atoms with E-state index in [1.807, 2.05) is 13.8 Å². The SMILES string of the molecule is CC#CC(O)C(CCC)C(O)CC. The molecule has 0 aromatic carbocycles. The van der Waals surface area contributed by atoms with Gasteiger partial charge in [0, 0.05) is 5.92 Å². The fraction of sp³-hybridized carbons (Fsp3) is 0.818. The van der Waals surface area contributed by atoms with Crippen LogP contribution in [-0.4, -0.2) is 22.4 Å². The van der Waals surface area contributed by atoms with Crippen LogP contribution in [0.25, 0.3) is 0 Å². The summed E-state index contributed by atoms with van der Waals surface area (Å²) in [5.74, 6) is 5.27. The van der Waals surface area contributed by atoms with Crippen molar-refractivity contribution in [3.05, 3.63) is 0 Å². The van der Waals surface area contributed by atoms with Crippen LogP contribution >= 0.6 is 0 Å². The highest BCUT2D eigenvalue weighted by Crippen LogP contribution is 2.18. The van der Waals surface area contributed by atoms with Crippen molar-refractivity contribution >= 4 is 0 Å². The Morgan fingerprint density at radius 3 is 2.23 bits per heavy atom. The molecular weight excluding hydrogens is 164 g/mol. The van der Waals surface area contributed by atoms with Gasteiger partial charge in [-0.3, -0.25) is 0 Å². The van der Waals surface area contributed by atoms with Gasteiger partial charge >= 0.3 is 0 Å². The van der Waals surface area contributed by atoms with Gasteiger partial charge in [-0.25, -0.2) is 0 Å². The van der Waals surface area contributed by atoms with Crippen LogP contribution in [-0.2, 0) is 0 Å². The fourth-order valence-corrected chi connectivity index (χ4v) is 1.45. The molecule has 2 N–H and O–H groups in total. The Morgan fingerprint density at radius 1 is 1.23 bits per heavy atom. The second-order valence-corrected chi connectivity index (χ2v) is 3.27. The van der Waals surface area contributed by atoms with Crippen molar-refractivity contribution in [3.63, 3.8) is 0 Å². The Morgan fingerprint density at radius 2 is 1.85 bits per heavy atom. The number of hydrogen-bond acceptors (Lipinski definition) is 2. The minimum atomic E-state index is -0.681. The van der Waals surface area contributed by atoms with Crippen LogP contribution in [0.5, 0.6) is 0 Å². The van der Waals surface area contributed by atoms with Crippen LogP contribution in [0.15, 0.2) is 0 Å². The maximum Gasteiger partial charge on any atom is 0.120 e. The van der Waals surface area contributed by atoms with Gasteiger partial charge in [0.05, 0.1) is 6.10 Å². The number of hydrogen-bond donors (Lipinski definition) is 2. The van der Waals surface area contributed by atoms with E-state index in [9.17, 15) is 10.2 Å². The zero-order valence-corrected chi connectivity index (χ0v) is 8.75. The zero-order valence-electron chi connectivity index (χ0n) is 8.75. The molecule has 0 saturated carbocycles. The molecule has 0 aromatic rings. The maximum absolute atomic E-state index is 9.62. The molecule has 0 aliphatic heterocycles. The van der Waals surface area contributed by atoms with Crippen molar-refractivity contribution in [2.24, 2.45) is 5.92 Å². The molecule has 0 heterocycles. The largest absolute Gasteiger partial charge is 0.393 e. The molecule has 3 unspecified atom stereocenters. The second kappa shape index (κ2) is 6.94. The highest BCUT2D eigenvalue weighted by molar-refractivity contribution is 5.04. The van der Waals surface area contributed by atoms with Crippen LogP contribution in [0.4, 0.5) is 0 Å². The first kappa shape index (κ1) is 12.5. The summed E-state index contributed by atoms with van der Waals surface area (Å²) in [6.07, 6.45) is 1.35. The van der Waals surface area contributed by atoms with Gasteiger partial charge in [0.25, 0.3) is 0 Å². The molecule has 76 valence electrons. The zero-order chi connectivity index (χ0) is 10.3. The predicted molar refractivity (Wildman–Crippen MR) is 54.2 cm³/mol. The highest BCUT2D eigenvalue weighted by atomic mass is 16.3. The normalized spacial score (nSPS) is 17.0. The lowest BCUT2D eigenvalue weighted by molar-refractivity contribution is 0.0321. The average Bonchev–Trinajstić information content (AvgIpc) is 2.13. The first-order valence-corrected chi connectivity index (χ1v) is 4.95. The molecule has 0 fully saturated rings. The highest BCUT2D eigenvalue weighted by Gasteiger charge is 2.23. The predicted octanol–water partition coefficient (Wildman–Crippen LogP) is 1.56. The summed E-state index contributed by atoms with van der Waals surface area (Å²) in [5.41, 5.74) is 0. The molecule has 0 bridgehead atoms. The fourth-order valence-electron chi connectivity index (χ4n) is 1.45. The summed E-state index contributed by atoms with van der Waals surface area (Å²) in [6.45, 7) is 5.66. The maximum atomic E-state index is 9.62. The standard InChI is InChI=1S/C11H20O2/c1-4-7-9(10(12)6-3)11(13)8-5-2/h9-13H,4,6-7H2,1-3H3. The molecule has 0 aromatic heterocycles. The van der Waals surface area contributed by atoms with Crippen molar-refractivity contribution < 1.29 is 10.2 Å². The molecule has 0 spiro atoms. The van der Waals surface area contributed by atoms with E-state index >= 15 is 0 Å². The Labute approximate surface area is 81.0 Å². The lowest BCUT2D eigenvalue weighted by Crippen LogP contribution is -2.30. The summed E-state index contributed by atoms with van der Waals surface area (Å²) < 4.78 is 0. The second-order valence-electron chi connectivity index (χ2n) is 3.27. The van der Waals surface area contributed by atoms with Gasteiger partial charge in [-0.2, -0.15) is 0 Å². The van der Waals surface area contributed by atoms with Crippen molar-refractivity contribution in [1.82, 2.24) is 0 Å². The molecule has 0 rings (SSSR count). The van der Waals surface area contributed by atoms with Gasteiger partial charge in [0.15, 0.2) is 0 Å². The Bertz CT molecular complexity index is 178. The Kier molecular flexibility index (Phi) is 6.66. The van der Waals surface area contributed by atoms with E-state index in [4.69, 9.17) is 0 Å². The third kappa shape index (κ3) is 4.31. The Hall–Kier alpha value is -0.520. The van der Waals surface area contributed by atoms with Gasteiger partial charge in [-0.05, 0) is 19.8 Å². The van der Waals surface area contributed by atoms with Gasteiger partial charge < -0.3 is 10.2 Å². The van der Waals surface area contributed by atoms with Crippen LogP contribution in [0.1, 0.15) is 40.0 Å². The van der Waals surface area contributed by atoms with Crippen molar-refractivity contribution in [2.75, 3.05) is 0 Å². The summed E-state index contributed by atoms with van der Waals surface area (Å²) in [7, 11) is 0. The van der Waals surface area contributed by atoms with Crippen LogP contribution in [0, 0.1) is 17.8 Å². The Balaban J connectivity index is 4.27. The first-order chi connectivity index (χ1) is 6.17. The monoisotopic (exact) mass is 184 g/mol. The molecule has 0 aliphatic carbocycles. The minimum absolute atomic E-state index is 0.0950. The lowest BCUT2D eigenvalue weighted by Gasteiger charge is -2.23. The molecule has 3 atom stereocenters. The summed E-state index contributed by atoms with van der Waals surface area (Å²) in [5, 5.41) is 19.2. The number of rotatable bonds is 5. The topological polar surface area (TPSA) is 40.5 Å². The van der Waals surface area contributed by atoms with Crippen LogP contribution in [0.3, 0.4) is 0 Å². The minimum Gasteiger partial charge on any atom is -0.393 e. The quantitative estimate of drug-likeness (QED) is 0.636. The average molecular weight is 184 g/mol. The van der Waals surface area contributed by atoms with Crippen molar-refractivity contribution in [1.29, 1.82) is 0 Å².